The molecule has 5 atom stereocenters. The first-order chi connectivity index (χ1) is 16.0. The maximum Gasteiger partial charge on any atom is 0.245 e. The summed E-state index contributed by atoms with van der Waals surface area (Å²) in [6.07, 6.45) is 4.45. The first-order valence-electron chi connectivity index (χ1n) is 12.7. The molecule has 5 unspecified atom stereocenters. The minimum absolute atomic E-state index is 0.000663. The third kappa shape index (κ3) is 5.42. The second kappa shape index (κ2) is 9.99. The molecule has 7 heteroatoms. The Kier molecular flexibility index (Phi) is 7.57. The normalized spacial score (nSPS) is 31.7. The summed E-state index contributed by atoms with van der Waals surface area (Å²) in [4.78, 5) is 28.8. The second-order valence-corrected chi connectivity index (χ2v) is 12.8. The average molecular weight is 509 g/mol. The minimum atomic E-state index is -0.496. The fraction of sp³-hybridized carbons (Fsp3) is 0.704. The Morgan fingerprint density at radius 3 is 2.44 bits per heavy atom. The van der Waals surface area contributed by atoms with Crippen LogP contribution in [0.1, 0.15) is 71.3 Å². The van der Waals surface area contributed by atoms with Gasteiger partial charge in [0.05, 0.1) is 0 Å². The molecular formula is C27H39Cl2N3O2. The fourth-order valence-electron chi connectivity index (χ4n) is 6.43. The molecule has 0 radical (unpaired) electrons. The molecule has 3 aliphatic rings. The Morgan fingerprint density at radius 2 is 1.85 bits per heavy atom. The van der Waals surface area contributed by atoms with Crippen LogP contribution >= 0.6 is 23.2 Å². The molecule has 2 N–H and O–H groups in total. The standard InChI is InChI=1S/C27H39Cl2N3O2/c1-17(2)23(31-24(33)19-9-11-27(13-19)14-21(29)15-30-27)25(34)32-12-10-22(26(3,4)16-32)18-5-7-20(28)8-6-18/h5-8,17,19,21-23,30H,9-16H2,1-4H3,(H,31,33). The van der Waals surface area contributed by atoms with E-state index in [2.05, 4.69) is 36.6 Å². The van der Waals surface area contributed by atoms with Crippen LogP contribution < -0.4 is 10.6 Å². The number of amides is 2. The van der Waals surface area contributed by atoms with Gasteiger partial charge in [-0.25, -0.2) is 0 Å². The van der Waals surface area contributed by atoms with Crippen molar-refractivity contribution in [1.29, 1.82) is 0 Å². The highest BCUT2D eigenvalue weighted by Crippen LogP contribution is 2.43. The van der Waals surface area contributed by atoms with Gasteiger partial charge in [-0.05, 0) is 67.1 Å². The third-order valence-electron chi connectivity index (χ3n) is 8.33. The first-order valence-corrected chi connectivity index (χ1v) is 13.5. The van der Waals surface area contributed by atoms with Gasteiger partial charge in [-0.2, -0.15) is 0 Å². The number of nitrogens with zero attached hydrogens (tertiary/aromatic N) is 1. The minimum Gasteiger partial charge on any atom is -0.344 e. The van der Waals surface area contributed by atoms with E-state index in [9.17, 15) is 9.59 Å². The largest absolute Gasteiger partial charge is 0.344 e. The number of rotatable bonds is 5. The molecule has 2 heterocycles. The van der Waals surface area contributed by atoms with Gasteiger partial charge in [0.15, 0.2) is 0 Å². The number of hydrogen-bond donors (Lipinski definition) is 2. The van der Waals surface area contributed by atoms with Crippen LogP contribution in [0.3, 0.4) is 0 Å². The lowest BCUT2D eigenvalue weighted by molar-refractivity contribution is -0.141. The lowest BCUT2D eigenvalue weighted by atomic mass is 9.70. The van der Waals surface area contributed by atoms with Crippen molar-refractivity contribution in [3.63, 3.8) is 0 Å². The molecule has 1 spiro atoms. The number of nitrogens with one attached hydrogen (secondary N) is 2. The van der Waals surface area contributed by atoms with Crippen molar-refractivity contribution >= 4 is 35.0 Å². The smallest absolute Gasteiger partial charge is 0.245 e. The number of halogens is 2. The zero-order chi connectivity index (χ0) is 24.7. The maximum atomic E-state index is 13.6. The number of carbonyl (C=O) groups is 2. The van der Waals surface area contributed by atoms with E-state index < -0.39 is 6.04 Å². The summed E-state index contributed by atoms with van der Waals surface area (Å²) >= 11 is 12.4. The van der Waals surface area contributed by atoms with E-state index in [1.807, 2.05) is 30.9 Å². The molecule has 1 aromatic rings. The Morgan fingerprint density at radius 1 is 1.15 bits per heavy atom. The predicted octanol–water partition coefficient (Wildman–Crippen LogP) is 4.96. The molecule has 3 fully saturated rings. The van der Waals surface area contributed by atoms with E-state index >= 15 is 0 Å². The summed E-state index contributed by atoms with van der Waals surface area (Å²) in [6.45, 7) is 10.7. The number of likely N-dealkylation sites (tertiary alicyclic amines) is 1. The molecule has 5 nitrogen and oxygen atoms in total. The van der Waals surface area contributed by atoms with Crippen molar-refractivity contribution in [2.24, 2.45) is 17.3 Å². The summed E-state index contributed by atoms with van der Waals surface area (Å²) in [5, 5.41) is 7.58. The van der Waals surface area contributed by atoms with Gasteiger partial charge in [0.25, 0.3) is 0 Å². The zero-order valence-electron chi connectivity index (χ0n) is 20.9. The third-order valence-corrected chi connectivity index (χ3v) is 8.89. The topological polar surface area (TPSA) is 61.4 Å². The van der Waals surface area contributed by atoms with Crippen LogP contribution in [0.2, 0.25) is 5.02 Å². The number of carbonyl (C=O) groups excluding carboxylic acids is 2. The van der Waals surface area contributed by atoms with Crippen molar-refractivity contribution in [2.75, 3.05) is 19.6 Å². The van der Waals surface area contributed by atoms with Gasteiger partial charge in [0, 0.05) is 41.5 Å². The molecule has 1 aliphatic carbocycles. The van der Waals surface area contributed by atoms with Gasteiger partial charge < -0.3 is 15.5 Å². The SMILES string of the molecule is CC(C)C(NC(=O)C1CCC2(CC(Cl)CN2)C1)C(=O)N1CCC(c2ccc(Cl)cc2)C(C)(C)C1. The summed E-state index contributed by atoms with van der Waals surface area (Å²) < 4.78 is 0. The van der Waals surface area contributed by atoms with Crippen LogP contribution in [0.4, 0.5) is 0 Å². The highest BCUT2D eigenvalue weighted by molar-refractivity contribution is 6.30. The quantitative estimate of drug-likeness (QED) is 0.553. The monoisotopic (exact) mass is 507 g/mol. The van der Waals surface area contributed by atoms with Crippen LogP contribution in [-0.4, -0.2) is 53.3 Å². The van der Waals surface area contributed by atoms with Crippen LogP contribution in [0.5, 0.6) is 0 Å². The molecule has 2 amide bonds. The molecule has 4 rings (SSSR count). The molecule has 2 aliphatic heterocycles. The molecule has 0 bridgehead atoms. The van der Waals surface area contributed by atoms with Gasteiger partial charge >= 0.3 is 0 Å². The Balaban J connectivity index is 1.39. The van der Waals surface area contributed by atoms with Gasteiger partial charge in [0.2, 0.25) is 11.8 Å². The summed E-state index contributed by atoms with van der Waals surface area (Å²) in [6, 6.07) is 7.59. The van der Waals surface area contributed by atoms with E-state index in [4.69, 9.17) is 23.2 Å². The van der Waals surface area contributed by atoms with Crippen molar-refractivity contribution in [3.8, 4) is 0 Å². The van der Waals surface area contributed by atoms with Crippen molar-refractivity contribution in [1.82, 2.24) is 15.5 Å². The van der Waals surface area contributed by atoms with Gasteiger partial charge in [-0.1, -0.05) is 51.4 Å². The molecule has 1 aromatic carbocycles. The first kappa shape index (κ1) is 25.8. The van der Waals surface area contributed by atoms with E-state index in [1.54, 1.807) is 0 Å². The summed E-state index contributed by atoms with van der Waals surface area (Å²) in [5.74, 6) is 0.383. The lowest BCUT2D eigenvalue weighted by Crippen LogP contribution is -2.56. The van der Waals surface area contributed by atoms with Crippen LogP contribution in [-0.2, 0) is 9.59 Å². The highest BCUT2D eigenvalue weighted by Gasteiger charge is 2.47. The maximum absolute atomic E-state index is 13.6. The van der Waals surface area contributed by atoms with E-state index in [0.29, 0.717) is 19.0 Å². The van der Waals surface area contributed by atoms with Gasteiger partial charge in [0.1, 0.15) is 6.04 Å². The van der Waals surface area contributed by atoms with Gasteiger partial charge in [-0.15, -0.1) is 11.6 Å². The van der Waals surface area contributed by atoms with E-state index in [0.717, 1.165) is 43.7 Å². The zero-order valence-corrected chi connectivity index (χ0v) is 22.4. The van der Waals surface area contributed by atoms with Crippen molar-refractivity contribution in [2.45, 2.75) is 82.7 Å². The Bertz CT molecular complexity index is 904. The average Bonchev–Trinajstić information content (AvgIpc) is 3.36. The molecule has 1 saturated carbocycles. The Labute approximate surface area is 214 Å². The van der Waals surface area contributed by atoms with Crippen LogP contribution in [0.15, 0.2) is 24.3 Å². The van der Waals surface area contributed by atoms with Gasteiger partial charge in [-0.3, -0.25) is 9.59 Å². The van der Waals surface area contributed by atoms with E-state index in [-0.39, 0.29) is 40.0 Å². The fourth-order valence-corrected chi connectivity index (χ4v) is 6.93. The number of piperidine rings is 1. The molecule has 0 aromatic heterocycles. The number of alkyl halides is 1. The molecular weight excluding hydrogens is 469 g/mol. The molecule has 2 saturated heterocycles. The molecule has 34 heavy (non-hydrogen) atoms. The van der Waals surface area contributed by atoms with Crippen LogP contribution in [0, 0.1) is 17.3 Å². The Hall–Kier alpha value is -1.30. The number of benzene rings is 1. The predicted molar refractivity (Wildman–Crippen MR) is 138 cm³/mol. The van der Waals surface area contributed by atoms with E-state index in [1.165, 1.54) is 5.56 Å². The highest BCUT2D eigenvalue weighted by atomic mass is 35.5. The summed E-state index contributed by atoms with van der Waals surface area (Å²) in [7, 11) is 0. The molecule has 188 valence electrons. The second-order valence-electron chi connectivity index (χ2n) is 11.8. The van der Waals surface area contributed by atoms with Crippen molar-refractivity contribution < 1.29 is 9.59 Å². The van der Waals surface area contributed by atoms with Crippen LogP contribution in [0.25, 0.3) is 0 Å². The number of hydrogen-bond acceptors (Lipinski definition) is 3. The lowest BCUT2D eigenvalue weighted by Gasteiger charge is -2.46. The van der Waals surface area contributed by atoms with Crippen molar-refractivity contribution in [3.05, 3.63) is 34.9 Å². The summed E-state index contributed by atoms with van der Waals surface area (Å²) in [5.41, 5.74) is 1.20.